The molecule has 0 radical (unpaired) electrons. The van der Waals surface area contributed by atoms with E-state index in [1.807, 2.05) is 42.1 Å². The molecule has 2 aromatic rings. The van der Waals surface area contributed by atoms with E-state index in [2.05, 4.69) is 15.8 Å². The van der Waals surface area contributed by atoms with E-state index in [1.54, 1.807) is 0 Å². The molecule has 2 aliphatic rings. The van der Waals surface area contributed by atoms with Crippen molar-refractivity contribution in [2.24, 2.45) is 0 Å². The van der Waals surface area contributed by atoms with Crippen molar-refractivity contribution in [1.29, 1.82) is 0 Å². The van der Waals surface area contributed by atoms with Crippen molar-refractivity contribution in [2.45, 2.75) is 50.2 Å². The average Bonchev–Trinajstić information content (AvgIpc) is 3.09. The third-order valence-electron chi connectivity index (χ3n) is 5.18. The molecule has 26 heavy (non-hydrogen) atoms. The zero-order valence-corrected chi connectivity index (χ0v) is 15.8. The van der Waals surface area contributed by atoms with Gasteiger partial charge in [0.1, 0.15) is 11.9 Å². The molecule has 1 aliphatic carbocycles. The lowest BCUT2D eigenvalue weighted by atomic mass is 9.97. The zero-order chi connectivity index (χ0) is 17.9. The smallest absolute Gasteiger partial charge is 0.359 e. The summed E-state index contributed by atoms with van der Waals surface area (Å²) < 4.78 is 13.5. The quantitative estimate of drug-likeness (QED) is 0.762. The number of ether oxygens (including phenoxy) is 2. The van der Waals surface area contributed by atoms with Crippen molar-refractivity contribution < 1.29 is 14.3 Å². The van der Waals surface area contributed by atoms with Crippen molar-refractivity contribution in [2.75, 3.05) is 12.9 Å². The summed E-state index contributed by atoms with van der Waals surface area (Å²) in [6.45, 7) is 1.75. The second-order valence-corrected chi connectivity index (χ2v) is 7.99. The second-order valence-electron chi connectivity index (χ2n) is 6.85. The van der Waals surface area contributed by atoms with Gasteiger partial charge in [-0.3, -0.25) is 0 Å². The lowest BCUT2D eigenvalue weighted by Gasteiger charge is -2.27. The maximum absolute atomic E-state index is 12.9. The molecule has 2 unspecified atom stereocenters. The van der Waals surface area contributed by atoms with Gasteiger partial charge in [0.2, 0.25) is 0 Å². The zero-order valence-electron chi connectivity index (χ0n) is 15.0. The van der Waals surface area contributed by atoms with Crippen molar-refractivity contribution in [3.63, 3.8) is 0 Å². The average molecular weight is 372 g/mol. The van der Waals surface area contributed by atoms with Crippen LogP contribution in [0.2, 0.25) is 0 Å². The first-order valence-electron chi connectivity index (χ1n) is 9.22. The number of thioether (sulfide) groups is 1. The number of fused-ring (bicyclic) bond motifs is 1. The Morgan fingerprint density at radius 2 is 2.15 bits per heavy atom. The molecule has 1 saturated carbocycles. The van der Waals surface area contributed by atoms with Gasteiger partial charge in [0.05, 0.1) is 18.9 Å². The molecule has 6 heteroatoms. The molecule has 0 saturated heterocycles. The highest BCUT2D eigenvalue weighted by Gasteiger charge is 2.30. The number of benzene rings is 1. The molecule has 5 nitrogen and oxygen atoms in total. The summed E-state index contributed by atoms with van der Waals surface area (Å²) in [5.74, 6) is 0.509. The van der Waals surface area contributed by atoms with Crippen LogP contribution in [0.5, 0.6) is 0 Å². The maximum atomic E-state index is 12.9. The number of aromatic nitrogens is 2. The van der Waals surface area contributed by atoms with Crippen LogP contribution in [0.1, 0.15) is 41.9 Å². The molecule has 2 heterocycles. The summed E-state index contributed by atoms with van der Waals surface area (Å²) in [7, 11) is 0. The summed E-state index contributed by atoms with van der Waals surface area (Å²) in [4.78, 5) is 17.5. The molecule has 1 aromatic heterocycles. The Bertz CT molecular complexity index is 775. The van der Waals surface area contributed by atoms with Crippen LogP contribution < -0.4 is 0 Å². The molecule has 1 aromatic carbocycles. The van der Waals surface area contributed by atoms with Crippen LogP contribution in [0.3, 0.4) is 0 Å². The number of rotatable bonds is 4. The molecule has 138 valence electrons. The van der Waals surface area contributed by atoms with Gasteiger partial charge >= 0.3 is 5.97 Å². The van der Waals surface area contributed by atoms with E-state index in [9.17, 15) is 4.79 Å². The standard InChI is InChI=1S/C20H24N2O3S/c1-26-16-9-5-8-15(12-16)25-20(23)18-17-13-24-11-10-22(17)19(21-18)14-6-3-2-4-7-14/h2-4,6-7,15-16H,5,8-13H2,1H3. The summed E-state index contributed by atoms with van der Waals surface area (Å²) in [6, 6.07) is 9.99. The van der Waals surface area contributed by atoms with E-state index in [0.717, 1.165) is 36.3 Å². The fourth-order valence-electron chi connectivity index (χ4n) is 3.80. The summed E-state index contributed by atoms with van der Waals surface area (Å²) >= 11 is 1.87. The molecule has 0 N–H and O–H groups in total. The Hall–Kier alpha value is -1.79. The van der Waals surface area contributed by atoms with Gasteiger partial charge in [0, 0.05) is 17.4 Å². The molecule has 1 fully saturated rings. The normalized spacial score (nSPS) is 22.7. The number of carbonyl (C=O) groups excluding carboxylic acids is 1. The highest BCUT2D eigenvalue weighted by atomic mass is 32.2. The molecule has 1 aliphatic heterocycles. The van der Waals surface area contributed by atoms with Gasteiger partial charge in [-0.25, -0.2) is 9.78 Å². The Morgan fingerprint density at radius 3 is 2.96 bits per heavy atom. The van der Waals surface area contributed by atoms with Gasteiger partial charge in [-0.1, -0.05) is 30.3 Å². The largest absolute Gasteiger partial charge is 0.458 e. The van der Waals surface area contributed by atoms with E-state index in [-0.39, 0.29) is 12.1 Å². The first-order chi connectivity index (χ1) is 12.8. The molecule has 2 atom stereocenters. The lowest BCUT2D eigenvalue weighted by molar-refractivity contribution is 0.0201. The number of esters is 1. The maximum Gasteiger partial charge on any atom is 0.359 e. The van der Waals surface area contributed by atoms with Crippen LogP contribution in [-0.2, 0) is 22.6 Å². The predicted octanol–water partition coefficient (Wildman–Crippen LogP) is 3.91. The number of carbonyl (C=O) groups is 1. The van der Waals surface area contributed by atoms with Crippen molar-refractivity contribution in [1.82, 2.24) is 9.55 Å². The Labute approximate surface area is 158 Å². The molecular formula is C20H24N2O3S. The van der Waals surface area contributed by atoms with E-state index < -0.39 is 0 Å². The van der Waals surface area contributed by atoms with Gasteiger partial charge in [0.15, 0.2) is 5.69 Å². The third kappa shape index (κ3) is 3.53. The topological polar surface area (TPSA) is 53.3 Å². The van der Waals surface area contributed by atoms with Gasteiger partial charge in [-0.15, -0.1) is 0 Å². The lowest BCUT2D eigenvalue weighted by Crippen LogP contribution is -2.27. The Morgan fingerprint density at radius 1 is 1.31 bits per heavy atom. The van der Waals surface area contributed by atoms with Crippen LogP contribution in [0, 0.1) is 0 Å². The van der Waals surface area contributed by atoms with Crippen molar-refractivity contribution in [3.05, 3.63) is 41.7 Å². The van der Waals surface area contributed by atoms with Crippen LogP contribution in [0.15, 0.2) is 30.3 Å². The van der Waals surface area contributed by atoms with Crippen LogP contribution in [0.25, 0.3) is 11.4 Å². The minimum atomic E-state index is -0.312. The fourth-order valence-corrected chi connectivity index (χ4v) is 4.61. The molecule has 0 amide bonds. The third-order valence-corrected chi connectivity index (χ3v) is 6.28. The van der Waals surface area contributed by atoms with Gasteiger partial charge < -0.3 is 14.0 Å². The van der Waals surface area contributed by atoms with E-state index >= 15 is 0 Å². The van der Waals surface area contributed by atoms with E-state index in [0.29, 0.717) is 30.7 Å². The molecule has 0 spiro atoms. The van der Waals surface area contributed by atoms with Crippen LogP contribution in [-0.4, -0.2) is 39.7 Å². The monoisotopic (exact) mass is 372 g/mol. The minimum Gasteiger partial charge on any atom is -0.458 e. The van der Waals surface area contributed by atoms with Gasteiger partial charge in [0.25, 0.3) is 0 Å². The fraction of sp³-hybridized carbons (Fsp3) is 0.500. The first kappa shape index (κ1) is 17.6. The van der Waals surface area contributed by atoms with E-state index in [1.165, 1.54) is 6.42 Å². The number of nitrogens with zero attached hydrogens (tertiary/aromatic N) is 2. The number of hydrogen-bond donors (Lipinski definition) is 0. The van der Waals surface area contributed by atoms with Crippen molar-refractivity contribution in [3.8, 4) is 11.4 Å². The van der Waals surface area contributed by atoms with Crippen LogP contribution in [0.4, 0.5) is 0 Å². The van der Waals surface area contributed by atoms with E-state index in [4.69, 9.17) is 9.47 Å². The number of imidazole rings is 1. The summed E-state index contributed by atoms with van der Waals surface area (Å²) in [5, 5.41) is 0.584. The van der Waals surface area contributed by atoms with Gasteiger partial charge in [-0.2, -0.15) is 11.8 Å². The van der Waals surface area contributed by atoms with Crippen LogP contribution >= 0.6 is 11.8 Å². The minimum absolute atomic E-state index is 0.00395. The highest BCUT2D eigenvalue weighted by molar-refractivity contribution is 7.99. The molecule has 0 bridgehead atoms. The Kier molecular flexibility index (Phi) is 5.31. The molecule has 4 rings (SSSR count). The Balaban J connectivity index is 1.60. The van der Waals surface area contributed by atoms with Gasteiger partial charge in [-0.05, 0) is 31.9 Å². The number of hydrogen-bond acceptors (Lipinski definition) is 5. The first-order valence-corrected chi connectivity index (χ1v) is 10.5. The predicted molar refractivity (Wildman–Crippen MR) is 102 cm³/mol. The SMILES string of the molecule is CSC1CCCC(OC(=O)c2nc(-c3ccccc3)n3c2COCC3)C1. The molecular weight excluding hydrogens is 348 g/mol. The highest BCUT2D eigenvalue weighted by Crippen LogP contribution is 2.30. The van der Waals surface area contributed by atoms with Crippen molar-refractivity contribution >= 4 is 17.7 Å². The second kappa shape index (κ2) is 7.84. The summed E-state index contributed by atoms with van der Waals surface area (Å²) in [5.41, 5.74) is 2.25. The summed E-state index contributed by atoms with van der Waals surface area (Å²) in [6.07, 6.45) is 6.33.